The van der Waals surface area contributed by atoms with Gasteiger partial charge in [0.25, 0.3) is 0 Å². The summed E-state index contributed by atoms with van der Waals surface area (Å²) in [6, 6.07) is 1.97. The highest BCUT2D eigenvalue weighted by Gasteiger charge is 2.21. The average Bonchev–Trinajstić information content (AvgIpc) is 2.50. The molecule has 3 heterocycles. The minimum atomic E-state index is 0.734. The number of nitrogens with zero attached hydrogens (tertiary/aromatic N) is 5. The van der Waals surface area contributed by atoms with Gasteiger partial charge in [0.2, 0.25) is 0 Å². The van der Waals surface area contributed by atoms with Crippen molar-refractivity contribution in [2.75, 3.05) is 41.7 Å². The number of pyridine rings is 1. The molecule has 1 fully saturated rings. The number of aryl methyl sites for hydroxylation is 2. The predicted octanol–water partition coefficient (Wildman–Crippen LogP) is 1.40. The molecule has 1 aliphatic heterocycles. The Labute approximate surface area is 124 Å². The molecule has 0 aromatic carbocycles. The van der Waals surface area contributed by atoms with Crippen molar-refractivity contribution in [3.63, 3.8) is 0 Å². The van der Waals surface area contributed by atoms with E-state index in [1.165, 1.54) is 0 Å². The van der Waals surface area contributed by atoms with E-state index in [2.05, 4.69) is 24.8 Å². The van der Waals surface area contributed by atoms with Crippen molar-refractivity contribution in [3.05, 3.63) is 36.0 Å². The quantitative estimate of drug-likeness (QED) is 0.898. The third-order valence-corrected chi connectivity index (χ3v) is 3.80. The van der Waals surface area contributed by atoms with Crippen LogP contribution in [0.5, 0.6) is 0 Å². The maximum Gasteiger partial charge on any atom is 0.150 e. The first-order valence-corrected chi connectivity index (χ1v) is 7.15. The van der Waals surface area contributed by atoms with Crippen LogP contribution in [0, 0.1) is 13.8 Å². The van der Waals surface area contributed by atoms with Crippen LogP contribution in [0.25, 0.3) is 0 Å². The zero-order chi connectivity index (χ0) is 14.8. The van der Waals surface area contributed by atoms with Crippen LogP contribution in [-0.2, 0) is 0 Å². The van der Waals surface area contributed by atoms with Gasteiger partial charge in [-0.15, -0.1) is 0 Å². The highest BCUT2D eigenvalue weighted by Crippen LogP contribution is 2.24. The van der Waals surface area contributed by atoms with Crippen LogP contribution in [0.2, 0.25) is 0 Å². The van der Waals surface area contributed by atoms with E-state index in [4.69, 9.17) is 5.73 Å². The third kappa shape index (κ3) is 2.74. The van der Waals surface area contributed by atoms with Crippen molar-refractivity contribution < 1.29 is 0 Å². The molecule has 2 aromatic heterocycles. The Balaban J connectivity index is 1.73. The standard InChI is InChI=1S/C15H20N6/c1-11-9-18-12(2)15(19-11)21-7-5-20(6-8-21)14-3-4-17-10-13(14)16/h3-4,9-10H,5-8,16H2,1-2H3. The first-order valence-electron chi connectivity index (χ1n) is 7.15. The first-order chi connectivity index (χ1) is 10.1. The van der Waals surface area contributed by atoms with Gasteiger partial charge in [-0.1, -0.05) is 0 Å². The topological polar surface area (TPSA) is 71.2 Å². The van der Waals surface area contributed by atoms with E-state index in [9.17, 15) is 0 Å². The van der Waals surface area contributed by atoms with E-state index in [1.54, 1.807) is 12.4 Å². The van der Waals surface area contributed by atoms with Crippen molar-refractivity contribution >= 4 is 17.2 Å². The van der Waals surface area contributed by atoms with Crippen molar-refractivity contribution in [2.24, 2.45) is 0 Å². The maximum atomic E-state index is 6.00. The Bertz CT molecular complexity index is 634. The maximum absolute atomic E-state index is 6.00. The largest absolute Gasteiger partial charge is 0.396 e. The zero-order valence-electron chi connectivity index (χ0n) is 12.5. The fourth-order valence-corrected chi connectivity index (χ4v) is 2.67. The molecule has 1 saturated heterocycles. The lowest BCUT2D eigenvalue weighted by Gasteiger charge is -2.37. The summed E-state index contributed by atoms with van der Waals surface area (Å²) < 4.78 is 0. The number of nitrogen functional groups attached to an aromatic ring is 1. The molecular weight excluding hydrogens is 264 g/mol. The van der Waals surface area contributed by atoms with Crippen LogP contribution in [0.1, 0.15) is 11.4 Å². The van der Waals surface area contributed by atoms with Crippen molar-refractivity contribution in [2.45, 2.75) is 13.8 Å². The molecule has 0 radical (unpaired) electrons. The smallest absolute Gasteiger partial charge is 0.150 e. The zero-order valence-corrected chi connectivity index (χ0v) is 12.5. The number of hydrogen-bond acceptors (Lipinski definition) is 6. The minimum Gasteiger partial charge on any atom is -0.396 e. The summed E-state index contributed by atoms with van der Waals surface area (Å²) in [5.74, 6) is 0.998. The second-order valence-corrected chi connectivity index (χ2v) is 5.33. The van der Waals surface area contributed by atoms with Gasteiger partial charge in [-0.3, -0.25) is 9.97 Å². The van der Waals surface area contributed by atoms with Crippen molar-refractivity contribution in [3.8, 4) is 0 Å². The fourth-order valence-electron chi connectivity index (χ4n) is 2.67. The molecule has 1 aliphatic rings. The summed E-state index contributed by atoms with van der Waals surface area (Å²) in [4.78, 5) is 17.7. The van der Waals surface area contributed by atoms with Gasteiger partial charge in [-0.2, -0.15) is 0 Å². The normalized spacial score (nSPS) is 15.3. The lowest BCUT2D eigenvalue weighted by molar-refractivity contribution is 0.643. The van der Waals surface area contributed by atoms with Crippen LogP contribution >= 0.6 is 0 Å². The van der Waals surface area contributed by atoms with E-state index >= 15 is 0 Å². The van der Waals surface area contributed by atoms with Gasteiger partial charge in [0.1, 0.15) is 5.82 Å². The first kappa shape index (κ1) is 13.6. The van der Waals surface area contributed by atoms with Gasteiger partial charge in [0.05, 0.1) is 29.0 Å². The summed E-state index contributed by atoms with van der Waals surface area (Å²) in [6.07, 6.45) is 5.30. The summed E-state index contributed by atoms with van der Waals surface area (Å²) in [5, 5.41) is 0. The number of aromatic nitrogens is 3. The van der Waals surface area contributed by atoms with Gasteiger partial charge in [-0.25, -0.2) is 4.98 Å². The molecule has 2 aromatic rings. The van der Waals surface area contributed by atoms with Crippen LogP contribution in [0.3, 0.4) is 0 Å². The lowest BCUT2D eigenvalue weighted by Crippen LogP contribution is -2.47. The molecule has 0 saturated carbocycles. The van der Waals surface area contributed by atoms with Crippen molar-refractivity contribution in [1.29, 1.82) is 0 Å². The van der Waals surface area contributed by atoms with Crippen LogP contribution in [-0.4, -0.2) is 41.1 Å². The van der Waals surface area contributed by atoms with Gasteiger partial charge in [0, 0.05) is 38.6 Å². The molecule has 6 nitrogen and oxygen atoms in total. The van der Waals surface area contributed by atoms with E-state index in [-0.39, 0.29) is 0 Å². The number of hydrogen-bond donors (Lipinski definition) is 1. The molecule has 0 spiro atoms. The molecule has 0 bridgehead atoms. The van der Waals surface area contributed by atoms with Crippen LogP contribution in [0.15, 0.2) is 24.7 Å². The lowest BCUT2D eigenvalue weighted by atomic mass is 10.2. The SMILES string of the molecule is Cc1cnc(C)c(N2CCN(c3ccncc3N)CC2)n1. The Morgan fingerprint density at radius 3 is 2.48 bits per heavy atom. The molecule has 0 aliphatic carbocycles. The second-order valence-electron chi connectivity index (χ2n) is 5.33. The molecule has 3 rings (SSSR count). The summed E-state index contributed by atoms with van der Waals surface area (Å²) in [7, 11) is 0. The Hall–Kier alpha value is -2.37. The van der Waals surface area contributed by atoms with Gasteiger partial charge < -0.3 is 15.5 Å². The fraction of sp³-hybridized carbons (Fsp3) is 0.400. The van der Waals surface area contributed by atoms with Crippen LogP contribution < -0.4 is 15.5 Å². The molecule has 0 amide bonds. The summed E-state index contributed by atoms with van der Waals surface area (Å²) in [6.45, 7) is 7.66. The monoisotopic (exact) mass is 284 g/mol. The Morgan fingerprint density at radius 2 is 1.76 bits per heavy atom. The summed E-state index contributed by atoms with van der Waals surface area (Å²) in [5.41, 5.74) is 9.74. The molecule has 110 valence electrons. The number of anilines is 3. The number of nitrogens with two attached hydrogens (primary N) is 1. The van der Waals surface area contributed by atoms with E-state index < -0.39 is 0 Å². The van der Waals surface area contributed by atoms with Crippen molar-refractivity contribution in [1.82, 2.24) is 15.0 Å². The molecule has 0 atom stereocenters. The number of piperazine rings is 1. The highest BCUT2D eigenvalue weighted by atomic mass is 15.3. The molecule has 6 heteroatoms. The summed E-state index contributed by atoms with van der Waals surface area (Å²) >= 11 is 0. The van der Waals surface area contributed by atoms with E-state index in [0.29, 0.717) is 0 Å². The van der Waals surface area contributed by atoms with Gasteiger partial charge in [-0.05, 0) is 19.9 Å². The van der Waals surface area contributed by atoms with E-state index in [1.807, 2.05) is 26.1 Å². The second kappa shape index (κ2) is 5.55. The molecule has 21 heavy (non-hydrogen) atoms. The predicted molar refractivity (Wildman–Crippen MR) is 84.6 cm³/mol. The highest BCUT2D eigenvalue weighted by molar-refractivity contribution is 5.66. The molecular formula is C15H20N6. The number of rotatable bonds is 2. The van der Waals surface area contributed by atoms with Crippen LogP contribution in [0.4, 0.5) is 17.2 Å². The Morgan fingerprint density at radius 1 is 1.05 bits per heavy atom. The van der Waals surface area contributed by atoms with E-state index in [0.717, 1.165) is 54.8 Å². The molecule has 2 N–H and O–H groups in total. The Kier molecular flexibility index (Phi) is 3.60. The third-order valence-electron chi connectivity index (χ3n) is 3.80. The minimum absolute atomic E-state index is 0.734. The van der Waals surface area contributed by atoms with Gasteiger partial charge in [0.15, 0.2) is 0 Å². The van der Waals surface area contributed by atoms with Gasteiger partial charge >= 0.3 is 0 Å². The molecule has 0 unspecified atom stereocenters. The average molecular weight is 284 g/mol.